The van der Waals surface area contributed by atoms with Crippen LogP contribution in [-0.4, -0.2) is 18.0 Å². The van der Waals surface area contributed by atoms with Crippen LogP contribution in [0.15, 0.2) is 24.3 Å². The Hall–Kier alpha value is -1.26. The van der Waals surface area contributed by atoms with E-state index in [4.69, 9.17) is 6.42 Å². The second-order valence-corrected chi connectivity index (χ2v) is 3.83. The van der Waals surface area contributed by atoms with Crippen molar-refractivity contribution in [2.24, 2.45) is 0 Å². The normalized spacial score (nSPS) is 18.3. The zero-order chi connectivity index (χ0) is 9.97. The van der Waals surface area contributed by atoms with Gasteiger partial charge >= 0.3 is 0 Å². The summed E-state index contributed by atoms with van der Waals surface area (Å²) in [5.74, 6) is 2.64. The molecule has 14 heavy (non-hydrogen) atoms. The Morgan fingerprint density at radius 2 is 1.93 bits per heavy atom. The van der Waals surface area contributed by atoms with Crippen LogP contribution in [0, 0.1) is 12.3 Å². The molecule has 0 N–H and O–H groups in total. The van der Waals surface area contributed by atoms with Gasteiger partial charge in [0, 0.05) is 11.6 Å². The first-order valence-corrected chi connectivity index (χ1v) is 5.12. The fourth-order valence-electron chi connectivity index (χ4n) is 1.80. The average Bonchev–Trinajstić information content (AvgIpc) is 2.15. The smallest absolute Gasteiger partial charge is 0.0319 e. The van der Waals surface area contributed by atoms with Crippen LogP contribution in [0.4, 0.5) is 0 Å². The Balaban J connectivity index is 2.12. The fraction of sp³-hybridized carbons (Fsp3) is 0.385. The van der Waals surface area contributed by atoms with Gasteiger partial charge in [0.2, 0.25) is 0 Å². The van der Waals surface area contributed by atoms with Gasteiger partial charge in [0.25, 0.3) is 0 Å². The monoisotopic (exact) mass is 185 g/mol. The number of nitrogens with zero attached hydrogens (tertiary/aromatic N) is 1. The third-order valence-electron chi connectivity index (χ3n) is 3.00. The van der Waals surface area contributed by atoms with E-state index in [9.17, 15) is 0 Å². The Kier molecular flexibility index (Phi) is 2.56. The lowest BCUT2D eigenvalue weighted by atomic mass is 10.0. The summed E-state index contributed by atoms with van der Waals surface area (Å²) in [6.07, 6.45) is 6.65. The Bertz CT molecular complexity index is 340. The van der Waals surface area contributed by atoms with E-state index in [-0.39, 0.29) is 0 Å². The molecule has 0 saturated carbocycles. The third-order valence-corrected chi connectivity index (χ3v) is 3.00. The van der Waals surface area contributed by atoms with Crippen LogP contribution in [-0.2, 0) is 0 Å². The minimum absolute atomic E-state index is 0.538. The predicted molar refractivity (Wildman–Crippen MR) is 59.0 cm³/mol. The van der Waals surface area contributed by atoms with Crippen molar-refractivity contribution in [3.63, 3.8) is 0 Å². The minimum atomic E-state index is 0.538. The molecule has 0 bridgehead atoms. The van der Waals surface area contributed by atoms with E-state index in [0.717, 1.165) is 5.56 Å². The van der Waals surface area contributed by atoms with Crippen molar-refractivity contribution in [1.82, 2.24) is 4.90 Å². The van der Waals surface area contributed by atoms with E-state index in [2.05, 4.69) is 29.9 Å². The molecular weight excluding hydrogens is 170 g/mol. The van der Waals surface area contributed by atoms with Crippen molar-refractivity contribution in [1.29, 1.82) is 0 Å². The second-order valence-electron chi connectivity index (χ2n) is 3.83. The van der Waals surface area contributed by atoms with Gasteiger partial charge in [-0.25, -0.2) is 0 Å². The van der Waals surface area contributed by atoms with Crippen LogP contribution in [0.5, 0.6) is 0 Å². The highest BCUT2D eigenvalue weighted by Gasteiger charge is 2.20. The van der Waals surface area contributed by atoms with Crippen LogP contribution in [0.1, 0.15) is 30.5 Å². The van der Waals surface area contributed by atoms with Gasteiger partial charge in [0.05, 0.1) is 0 Å². The molecule has 1 heteroatoms. The summed E-state index contributed by atoms with van der Waals surface area (Å²) < 4.78 is 0. The van der Waals surface area contributed by atoms with E-state index in [0.29, 0.717) is 6.04 Å². The Labute approximate surface area is 85.7 Å². The molecule has 2 rings (SSSR count). The van der Waals surface area contributed by atoms with Gasteiger partial charge < -0.3 is 0 Å². The highest BCUT2D eigenvalue weighted by atomic mass is 15.2. The summed E-state index contributed by atoms with van der Waals surface area (Å²) in [5, 5.41) is 0. The molecule has 1 aromatic carbocycles. The average molecular weight is 185 g/mol. The fourth-order valence-corrected chi connectivity index (χ4v) is 1.80. The van der Waals surface area contributed by atoms with Gasteiger partial charge in [-0.15, -0.1) is 6.42 Å². The number of benzene rings is 1. The first-order valence-electron chi connectivity index (χ1n) is 5.12. The maximum atomic E-state index is 5.31. The Morgan fingerprint density at radius 1 is 1.29 bits per heavy atom. The van der Waals surface area contributed by atoms with Crippen molar-refractivity contribution >= 4 is 0 Å². The van der Waals surface area contributed by atoms with Crippen molar-refractivity contribution in [2.75, 3.05) is 13.1 Å². The molecular formula is C13H15N. The molecule has 1 aliphatic rings. The molecule has 0 amide bonds. The Morgan fingerprint density at radius 3 is 2.36 bits per heavy atom. The molecule has 1 aliphatic heterocycles. The van der Waals surface area contributed by atoms with E-state index < -0.39 is 0 Å². The number of likely N-dealkylation sites (tertiary alicyclic amines) is 1. The predicted octanol–water partition coefficient (Wildman–Crippen LogP) is 2.43. The second kappa shape index (κ2) is 3.86. The number of hydrogen-bond donors (Lipinski definition) is 0. The van der Waals surface area contributed by atoms with Gasteiger partial charge in [0.15, 0.2) is 0 Å². The van der Waals surface area contributed by atoms with Gasteiger partial charge in [-0.2, -0.15) is 0 Å². The van der Waals surface area contributed by atoms with Crippen molar-refractivity contribution in [3.05, 3.63) is 35.4 Å². The molecule has 1 aromatic rings. The lowest BCUT2D eigenvalue weighted by Crippen LogP contribution is -2.38. The number of hydrogen-bond acceptors (Lipinski definition) is 1. The molecule has 0 aromatic heterocycles. The number of terminal acetylenes is 1. The maximum Gasteiger partial charge on any atom is 0.0319 e. The van der Waals surface area contributed by atoms with Gasteiger partial charge in [-0.3, -0.25) is 4.90 Å². The lowest BCUT2D eigenvalue weighted by Gasteiger charge is -2.36. The first kappa shape index (κ1) is 9.30. The third kappa shape index (κ3) is 1.66. The molecule has 0 unspecified atom stereocenters. The largest absolute Gasteiger partial charge is 0.297 e. The van der Waals surface area contributed by atoms with Crippen molar-refractivity contribution in [2.45, 2.75) is 19.4 Å². The summed E-state index contributed by atoms with van der Waals surface area (Å²) in [6.45, 7) is 4.72. The SMILES string of the molecule is C#Cc1ccc([C@@H](C)N2CCC2)cc1. The first-order chi connectivity index (χ1) is 6.81. The summed E-state index contributed by atoms with van der Waals surface area (Å²) in [4.78, 5) is 2.48. The highest BCUT2D eigenvalue weighted by molar-refractivity contribution is 5.35. The van der Waals surface area contributed by atoms with E-state index in [1.165, 1.54) is 25.1 Å². The lowest BCUT2D eigenvalue weighted by molar-refractivity contribution is 0.128. The number of rotatable bonds is 2. The van der Waals surface area contributed by atoms with E-state index in [1.807, 2.05) is 12.1 Å². The van der Waals surface area contributed by atoms with E-state index >= 15 is 0 Å². The molecule has 72 valence electrons. The molecule has 1 saturated heterocycles. The molecule has 1 heterocycles. The van der Waals surface area contributed by atoms with Crippen molar-refractivity contribution < 1.29 is 0 Å². The quantitative estimate of drug-likeness (QED) is 0.640. The summed E-state index contributed by atoms with van der Waals surface area (Å²) in [5.41, 5.74) is 2.33. The zero-order valence-electron chi connectivity index (χ0n) is 8.53. The molecule has 0 aliphatic carbocycles. The molecule has 1 fully saturated rings. The van der Waals surface area contributed by atoms with Crippen LogP contribution >= 0.6 is 0 Å². The standard InChI is InChI=1S/C13H15N/c1-3-12-5-7-13(8-6-12)11(2)14-9-4-10-14/h1,5-8,11H,4,9-10H2,2H3/t11-/m1/s1. The van der Waals surface area contributed by atoms with Crippen LogP contribution in [0.3, 0.4) is 0 Å². The summed E-state index contributed by atoms with van der Waals surface area (Å²) >= 11 is 0. The van der Waals surface area contributed by atoms with Gasteiger partial charge in [-0.1, -0.05) is 18.1 Å². The molecule has 1 nitrogen and oxygen atoms in total. The van der Waals surface area contributed by atoms with Crippen molar-refractivity contribution in [3.8, 4) is 12.3 Å². The topological polar surface area (TPSA) is 3.24 Å². The summed E-state index contributed by atoms with van der Waals surface area (Å²) in [6, 6.07) is 8.85. The maximum absolute atomic E-state index is 5.31. The van der Waals surface area contributed by atoms with Gasteiger partial charge in [0.1, 0.15) is 0 Å². The molecule has 0 spiro atoms. The van der Waals surface area contributed by atoms with E-state index in [1.54, 1.807) is 0 Å². The molecule has 1 atom stereocenters. The highest BCUT2D eigenvalue weighted by Crippen LogP contribution is 2.24. The minimum Gasteiger partial charge on any atom is -0.297 e. The van der Waals surface area contributed by atoms with Gasteiger partial charge in [-0.05, 0) is 44.1 Å². The van der Waals surface area contributed by atoms with Crippen LogP contribution < -0.4 is 0 Å². The molecule has 0 radical (unpaired) electrons. The van der Waals surface area contributed by atoms with Crippen LogP contribution in [0.25, 0.3) is 0 Å². The zero-order valence-corrected chi connectivity index (χ0v) is 8.53. The van der Waals surface area contributed by atoms with Crippen LogP contribution in [0.2, 0.25) is 0 Å². The summed E-state index contributed by atoms with van der Waals surface area (Å²) in [7, 11) is 0.